The Kier molecular flexibility index (Phi) is 10.7. The molecule has 0 bridgehead atoms. The fourth-order valence-electron chi connectivity index (χ4n) is 7.34. The van der Waals surface area contributed by atoms with Crippen LogP contribution in [0.15, 0.2) is 97.2 Å². The van der Waals surface area contributed by atoms with Crippen molar-refractivity contribution in [2.75, 3.05) is 0 Å². The first-order valence-electron chi connectivity index (χ1n) is 17.6. The summed E-state index contributed by atoms with van der Waals surface area (Å²) in [5.41, 5.74) is 9.83. The summed E-state index contributed by atoms with van der Waals surface area (Å²) in [5, 5.41) is 7.23. The van der Waals surface area contributed by atoms with Crippen LogP contribution in [-0.2, 0) is 27.5 Å². The Labute approximate surface area is 310 Å². The number of hydrogen-bond donors (Lipinski definition) is 0. The molecule has 3 heterocycles. The van der Waals surface area contributed by atoms with E-state index in [0.717, 1.165) is 56.9 Å². The molecule has 0 N–H and O–H groups in total. The predicted molar refractivity (Wildman–Crippen MR) is 201 cm³/mol. The maximum absolute atomic E-state index is 6.48. The van der Waals surface area contributed by atoms with Gasteiger partial charge in [0.2, 0.25) is 0 Å². The van der Waals surface area contributed by atoms with Gasteiger partial charge in [0, 0.05) is 34.5 Å². The van der Waals surface area contributed by atoms with Crippen LogP contribution >= 0.6 is 0 Å². The molecule has 2 atom stereocenters. The second-order valence-corrected chi connectivity index (χ2v) is 13.4. The first-order chi connectivity index (χ1) is 23.8. The third-order valence-electron chi connectivity index (χ3n) is 9.78. The number of aromatic nitrogens is 4. The van der Waals surface area contributed by atoms with E-state index in [-0.39, 0.29) is 21.1 Å². The van der Waals surface area contributed by atoms with Crippen molar-refractivity contribution in [2.45, 2.75) is 73.1 Å². The van der Waals surface area contributed by atoms with Crippen molar-refractivity contribution in [1.29, 1.82) is 0 Å². The molecule has 5 nitrogen and oxygen atoms in total. The number of pyridine rings is 1. The van der Waals surface area contributed by atoms with Gasteiger partial charge in [-0.2, -0.15) is 17.2 Å². The molecule has 2 unspecified atom stereocenters. The Morgan fingerprint density at radius 3 is 2.40 bits per heavy atom. The van der Waals surface area contributed by atoms with E-state index >= 15 is 0 Å². The van der Waals surface area contributed by atoms with E-state index in [4.69, 9.17) is 14.8 Å². The van der Waals surface area contributed by atoms with E-state index in [1.165, 1.54) is 35.8 Å². The molecule has 3 aromatic heterocycles. The van der Waals surface area contributed by atoms with Crippen molar-refractivity contribution < 1.29 is 25.8 Å². The second kappa shape index (κ2) is 15.2. The number of fused-ring (bicyclic) bond motifs is 3. The summed E-state index contributed by atoms with van der Waals surface area (Å²) in [6.45, 7) is 13.3. The minimum atomic E-state index is 0. The second-order valence-electron chi connectivity index (χ2n) is 13.4. The van der Waals surface area contributed by atoms with Gasteiger partial charge in [-0.05, 0) is 84.5 Å². The van der Waals surface area contributed by atoms with Gasteiger partial charge < -0.3 is 9.30 Å². The van der Waals surface area contributed by atoms with Gasteiger partial charge in [-0.25, -0.2) is 4.98 Å². The summed E-state index contributed by atoms with van der Waals surface area (Å²) in [7, 11) is 0. The Morgan fingerprint density at radius 2 is 1.62 bits per heavy atom. The minimum absolute atomic E-state index is 0. The first kappa shape index (κ1) is 35.4. The molecule has 0 fully saturated rings. The van der Waals surface area contributed by atoms with E-state index < -0.39 is 0 Å². The van der Waals surface area contributed by atoms with Crippen LogP contribution in [0.3, 0.4) is 0 Å². The van der Waals surface area contributed by atoms with Crippen LogP contribution in [0.25, 0.3) is 44.4 Å². The van der Waals surface area contributed by atoms with Crippen molar-refractivity contribution in [1.82, 2.24) is 19.3 Å². The molecular weight excluding hydrogens is 796 g/mol. The fraction of sp³-hybridized carbons (Fsp3) is 0.273. The Hall–Kier alpha value is -4.47. The molecule has 0 aliphatic heterocycles. The maximum Gasteiger partial charge on any atom is 2.00 e. The van der Waals surface area contributed by atoms with Crippen LogP contribution in [0.5, 0.6) is 11.5 Å². The molecule has 0 radical (unpaired) electrons. The van der Waals surface area contributed by atoms with Crippen molar-refractivity contribution in [3.05, 3.63) is 132 Å². The summed E-state index contributed by atoms with van der Waals surface area (Å²) in [6.07, 6.45) is 6.52. The van der Waals surface area contributed by atoms with Crippen LogP contribution in [0, 0.1) is 31.9 Å². The Balaban J connectivity index is 0.00000432. The molecule has 0 spiro atoms. The fourth-order valence-corrected chi connectivity index (χ4v) is 7.34. The number of benzene rings is 4. The largest absolute Gasteiger partial charge is 2.00 e. The summed E-state index contributed by atoms with van der Waals surface area (Å²) >= 11 is 0. The van der Waals surface area contributed by atoms with E-state index in [9.17, 15) is 0 Å². The molecule has 0 saturated heterocycles. The quantitative estimate of drug-likeness (QED) is 0.122. The van der Waals surface area contributed by atoms with E-state index in [1.807, 2.05) is 41.2 Å². The molecule has 7 rings (SSSR count). The average molecular weight is 840 g/mol. The molecule has 4 aromatic carbocycles. The standard InChI is InChI=1S/C44H44N4O.Pt/c1-7-13-29(3)24-30(4)35-18-21-41-40(26-35)39-20-19-38(28-42(39)47(41)43-25-33(8-2)22-23-45-43)49-37-17-12-16-36(27-37)48-32(6)44(31(5)46-48)34-14-10-9-11-15-34;/h9-12,14-23,25-26,29-30H,7-8,13,24H2,1-6H3;/q-2;+2. The first-order valence-corrected chi connectivity index (χ1v) is 17.6. The number of hydrogen-bond acceptors (Lipinski definition) is 3. The minimum Gasteiger partial charge on any atom is -0.509 e. The van der Waals surface area contributed by atoms with Gasteiger partial charge in [-0.3, -0.25) is 4.68 Å². The van der Waals surface area contributed by atoms with E-state index in [0.29, 0.717) is 23.3 Å². The molecule has 50 heavy (non-hydrogen) atoms. The zero-order chi connectivity index (χ0) is 34.1. The van der Waals surface area contributed by atoms with Crippen LogP contribution in [0.4, 0.5) is 0 Å². The molecule has 256 valence electrons. The van der Waals surface area contributed by atoms with Crippen molar-refractivity contribution in [3.63, 3.8) is 0 Å². The molecule has 0 amide bonds. The summed E-state index contributed by atoms with van der Waals surface area (Å²) in [4.78, 5) is 4.83. The Morgan fingerprint density at radius 1 is 0.820 bits per heavy atom. The van der Waals surface area contributed by atoms with Crippen molar-refractivity contribution in [2.24, 2.45) is 5.92 Å². The zero-order valence-corrected chi connectivity index (χ0v) is 32.0. The SMILES string of the molecule is CCCC(C)CC(C)c1ccc2c(c1)c1ccc(Oc3[c-]c(-n4nc(C)c(-c5ccccc5)c4C)ccc3)[c-]c1n2-c1cc(CC)ccn1.[Pt+2]. The van der Waals surface area contributed by atoms with Crippen LogP contribution in [0.2, 0.25) is 0 Å². The normalized spacial score (nSPS) is 12.6. The van der Waals surface area contributed by atoms with Gasteiger partial charge in [0.1, 0.15) is 5.82 Å². The molecule has 0 saturated carbocycles. The molecule has 7 aromatic rings. The monoisotopic (exact) mass is 839 g/mol. The van der Waals surface area contributed by atoms with Gasteiger partial charge in [0.15, 0.2) is 0 Å². The molecule has 6 heteroatoms. The van der Waals surface area contributed by atoms with Crippen LogP contribution in [-0.4, -0.2) is 19.3 Å². The van der Waals surface area contributed by atoms with Crippen molar-refractivity contribution >= 4 is 21.8 Å². The van der Waals surface area contributed by atoms with Gasteiger partial charge in [-0.1, -0.05) is 88.5 Å². The third-order valence-corrected chi connectivity index (χ3v) is 9.78. The Bertz CT molecular complexity index is 2250. The van der Waals surface area contributed by atoms with Gasteiger partial charge in [-0.15, -0.1) is 35.7 Å². The summed E-state index contributed by atoms with van der Waals surface area (Å²) in [5.74, 6) is 3.29. The molecular formula is C44H44N4OPt. The van der Waals surface area contributed by atoms with Gasteiger partial charge in [0.05, 0.1) is 5.69 Å². The van der Waals surface area contributed by atoms with Gasteiger partial charge in [0.25, 0.3) is 0 Å². The predicted octanol–water partition coefficient (Wildman–Crippen LogP) is 11.5. The zero-order valence-electron chi connectivity index (χ0n) is 29.7. The molecule has 0 aliphatic rings. The number of ether oxygens (including phenoxy) is 1. The smallest absolute Gasteiger partial charge is 0.509 e. The van der Waals surface area contributed by atoms with Gasteiger partial charge >= 0.3 is 21.1 Å². The number of nitrogens with zero attached hydrogens (tertiary/aromatic N) is 4. The van der Waals surface area contributed by atoms with Crippen molar-refractivity contribution in [3.8, 4) is 34.1 Å². The summed E-state index contributed by atoms with van der Waals surface area (Å²) < 4.78 is 10.7. The topological polar surface area (TPSA) is 44.9 Å². The summed E-state index contributed by atoms with van der Waals surface area (Å²) in [6, 6.07) is 38.8. The number of aryl methyl sites for hydroxylation is 2. The third kappa shape index (κ3) is 6.94. The molecule has 0 aliphatic carbocycles. The van der Waals surface area contributed by atoms with Crippen LogP contribution in [0.1, 0.15) is 75.4 Å². The maximum atomic E-state index is 6.48. The average Bonchev–Trinajstić information content (AvgIpc) is 3.60. The van der Waals surface area contributed by atoms with E-state index in [2.05, 4.69) is 119 Å². The number of rotatable bonds is 11. The van der Waals surface area contributed by atoms with Crippen LogP contribution < -0.4 is 4.74 Å². The van der Waals surface area contributed by atoms with E-state index in [1.54, 1.807) is 0 Å².